The molecule has 3 rings (SSSR count). The number of aryl methyl sites for hydroxylation is 1. The van der Waals surface area contributed by atoms with Crippen LogP contribution >= 0.6 is 23.2 Å². The van der Waals surface area contributed by atoms with Gasteiger partial charge in [-0.05, 0) is 30.3 Å². The van der Waals surface area contributed by atoms with Crippen LogP contribution in [-0.4, -0.2) is 21.0 Å². The Morgan fingerprint density at radius 3 is 2.67 bits per heavy atom. The van der Waals surface area contributed by atoms with E-state index in [0.717, 1.165) is 5.56 Å². The van der Waals surface area contributed by atoms with Gasteiger partial charge >= 0.3 is 0 Å². The number of halogens is 2. The van der Waals surface area contributed by atoms with Gasteiger partial charge in [0.15, 0.2) is 0 Å². The van der Waals surface area contributed by atoms with Crippen molar-refractivity contribution < 1.29 is 9.32 Å². The number of carbonyl (C=O) groups excluding carboxylic acids is 1. The second-order valence-electron chi connectivity index (χ2n) is 4.92. The predicted molar refractivity (Wildman–Crippen MR) is 90.9 cm³/mol. The topological polar surface area (TPSA) is 80.9 Å². The van der Waals surface area contributed by atoms with Crippen molar-refractivity contribution in [3.63, 3.8) is 0 Å². The molecule has 1 aromatic carbocycles. The molecule has 0 bridgehead atoms. The van der Waals surface area contributed by atoms with Crippen LogP contribution in [0.25, 0.3) is 11.4 Å². The van der Waals surface area contributed by atoms with Crippen molar-refractivity contribution in [2.24, 2.45) is 0 Å². The number of nitrogens with zero attached hydrogens (tertiary/aromatic N) is 3. The molecule has 0 aliphatic heterocycles. The van der Waals surface area contributed by atoms with Crippen molar-refractivity contribution in [2.45, 2.75) is 12.8 Å². The fourth-order valence-corrected chi connectivity index (χ4v) is 2.29. The van der Waals surface area contributed by atoms with E-state index >= 15 is 0 Å². The fraction of sp³-hybridized carbons (Fsp3) is 0.125. The van der Waals surface area contributed by atoms with Gasteiger partial charge in [-0.15, -0.1) is 0 Å². The minimum Gasteiger partial charge on any atom is -0.339 e. The molecule has 1 amide bonds. The second kappa shape index (κ2) is 7.42. The van der Waals surface area contributed by atoms with Crippen LogP contribution < -0.4 is 5.32 Å². The van der Waals surface area contributed by atoms with Gasteiger partial charge in [0.05, 0.1) is 10.0 Å². The molecule has 2 aromatic heterocycles. The number of nitrogens with one attached hydrogen (secondary N) is 1. The van der Waals surface area contributed by atoms with Crippen LogP contribution in [0.2, 0.25) is 10.0 Å². The van der Waals surface area contributed by atoms with Crippen LogP contribution in [0.5, 0.6) is 0 Å². The zero-order valence-electron chi connectivity index (χ0n) is 12.4. The highest BCUT2D eigenvalue weighted by molar-refractivity contribution is 6.42. The van der Waals surface area contributed by atoms with Gasteiger partial charge in [0.1, 0.15) is 0 Å². The summed E-state index contributed by atoms with van der Waals surface area (Å²) >= 11 is 11.7. The molecule has 0 radical (unpaired) electrons. The quantitative estimate of drug-likeness (QED) is 0.741. The first-order valence-corrected chi connectivity index (χ1v) is 7.85. The zero-order chi connectivity index (χ0) is 16.9. The van der Waals surface area contributed by atoms with Crippen molar-refractivity contribution in [1.82, 2.24) is 15.1 Å². The van der Waals surface area contributed by atoms with E-state index in [1.807, 2.05) is 0 Å². The van der Waals surface area contributed by atoms with Gasteiger partial charge in [-0.25, -0.2) is 0 Å². The molecule has 24 heavy (non-hydrogen) atoms. The number of anilines is 1. The Kier molecular flexibility index (Phi) is 5.08. The molecule has 0 saturated carbocycles. The molecule has 0 unspecified atom stereocenters. The van der Waals surface area contributed by atoms with Crippen LogP contribution in [0, 0.1) is 0 Å². The zero-order valence-corrected chi connectivity index (χ0v) is 13.9. The molecule has 0 aliphatic carbocycles. The largest absolute Gasteiger partial charge is 0.339 e. The van der Waals surface area contributed by atoms with E-state index in [9.17, 15) is 4.79 Å². The average Bonchev–Trinajstić information content (AvgIpc) is 3.06. The number of hydrogen-bond donors (Lipinski definition) is 1. The summed E-state index contributed by atoms with van der Waals surface area (Å²) in [6.07, 6.45) is 3.84. The summed E-state index contributed by atoms with van der Waals surface area (Å²) in [4.78, 5) is 20.2. The minimum absolute atomic E-state index is 0.183. The standard InChI is InChI=1S/C16H12Cl2N4O2/c17-12-2-1-11(9-13(12)18)20-14(23)3-4-15-21-16(22-24-15)10-5-7-19-8-6-10/h1-2,5-9H,3-4H2,(H,20,23). The third-order valence-electron chi connectivity index (χ3n) is 3.18. The molecule has 0 fully saturated rings. The lowest BCUT2D eigenvalue weighted by atomic mass is 10.2. The SMILES string of the molecule is O=C(CCc1nc(-c2ccncc2)no1)Nc1ccc(Cl)c(Cl)c1. The van der Waals surface area contributed by atoms with Gasteiger partial charge in [0.25, 0.3) is 0 Å². The maximum Gasteiger partial charge on any atom is 0.227 e. The van der Waals surface area contributed by atoms with Crippen molar-refractivity contribution in [2.75, 3.05) is 5.32 Å². The first-order valence-electron chi connectivity index (χ1n) is 7.10. The van der Waals surface area contributed by atoms with Gasteiger partial charge in [0, 0.05) is 36.5 Å². The smallest absolute Gasteiger partial charge is 0.227 e. The lowest BCUT2D eigenvalue weighted by Crippen LogP contribution is -2.12. The van der Waals surface area contributed by atoms with E-state index in [-0.39, 0.29) is 12.3 Å². The van der Waals surface area contributed by atoms with E-state index in [0.29, 0.717) is 33.9 Å². The van der Waals surface area contributed by atoms with Crippen LogP contribution in [0.4, 0.5) is 5.69 Å². The van der Waals surface area contributed by atoms with E-state index < -0.39 is 0 Å². The van der Waals surface area contributed by atoms with E-state index in [1.54, 1.807) is 42.7 Å². The Hall–Kier alpha value is -2.44. The first-order chi connectivity index (χ1) is 11.6. The molecule has 122 valence electrons. The normalized spacial score (nSPS) is 10.6. The Bertz CT molecular complexity index is 852. The lowest BCUT2D eigenvalue weighted by Gasteiger charge is -2.05. The van der Waals surface area contributed by atoms with Crippen molar-refractivity contribution in [3.05, 3.63) is 58.7 Å². The molecule has 6 nitrogen and oxygen atoms in total. The summed E-state index contributed by atoms with van der Waals surface area (Å²) < 4.78 is 5.15. The molecule has 8 heteroatoms. The highest BCUT2D eigenvalue weighted by atomic mass is 35.5. The summed E-state index contributed by atoms with van der Waals surface area (Å²) in [5, 5.41) is 7.45. The van der Waals surface area contributed by atoms with Gasteiger partial charge < -0.3 is 9.84 Å². The summed E-state index contributed by atoms with van der Waals surface area (Å²) in [5.41, 5.74) is 1.39. The molecule has 1 N–H and O–H groups in total. The van der Waals surface area contributed by atoms with Crippen molar-refractivity contribution in [1.29, 1.82) is 0 Å². The first kappa shape index (κ1) is 16.4. The maximum absolute atomic E-state index is 12.0. The Morgan fingerprint density at radius 2 is 1.92 bits per heavy atom. The molecule has 0 spiro atoms. The van der Waals surface area contributed by atoms with Crippen molar-refractivity contribution in [3.8, 4) is 11.4 Å². The third kappa shape index (κ3) is 4.10. The number of hydrogen-bond acceptors (Lipinski definition) is 5. The van der Waals surface area contributed by atoms with Crippen LogP contribution in [-0.2, 0) is 11.2 Å². The number of aromatic nitrogens is 3. The van der Waals surface area contributed by atoms with Gasteiger partial charge in [-0.3, -0.25) is 9.78 Å². The summed E-state index contributed by atoms with van der Waals surface area (Å²) in [5.74, 6) is 0.681. The van der Waals surface area contributed by atoms with Crippen LogP contribution in [0.1, 0.15) is 12.3 Å². The predicted octanol–water partition coefficient (Wildman–Crippen LogP) is 4.01. The molecular weight excluding hydrogens is 351 g/mol. The highest BCUT2D eigenvalue weighted by Crippen LogP contribution is 2.25. The molecule has 3 aromatic rings. The van der Waals surface area contributed by atoms with Crippen molar-refractivity contribution >= 4 is 34.8 Å². The number of rotatable bonds is 5. The molecule has 2 heterocycles. The van der Waals surface area contributed by atoms with Gasteiger partial charge in [0.2, 0.25) is 17.6 Å². The molecular formula is C16H12Cl2N4O2. The number of pyridine rings is 1. The Balaban J connectivity index is 1.56. The highest BCUT2D eigenvalue weighted by Gasteiger charge is 2.11. The molecule has 0 atom stereocenters. The van der Waals surface area contributed by atoms with Crippen LogP contribution in [0.15, 0.2) is 47.2 Å². The number of carbonyl (C=O) groups is 1. The monoisotopic (exact) mass is 362 g/mol. The molecule has 0 saturated heterocycles. The summed E-state index contributed by atoms with van der Waals surface area (Å²) in [6, 6.07) is 8.46. The van der Waals surface area contributed by atoms with Gasteiger partial charge in [-0.2, -0.15) is 4.98 Å². The fourth-order valence-electron chi connectivity index (χ4n) is 1.99. The van der Waals surface area contributed by atoms with E-state index in [1.165, 1.54) is 0 Å². The summed E-state index contributed by atoms with van der Waals surface area (Å²) in [6.45, 7) is 0. The number of amides is 1. The minimum atomic E-state index is -0.183. The third-order valence-corrected chi connectivity index (χ3v) is 3.91. The average molecular weight is 363 g/mol. The maximum atomic E-state index is 12.0. The van der Waals surface area contributed by atoms with Crippen LogP contribution in [0.3, 0.4) is 0 Å². The second-order valence-corrected chi connectivity index (χ2v) is 5.74. The Labute approximate surface area is 147 Å². The number of benzene rings is 1. The van der Waals surface area contributed by atoms with E-state index in [2.05, 4.69) is 20.4 Å². The lowest BCUT2D eigenvalue weighted by molar-refractivity contribution is -0.116. The van der Waals surface area contributed by atoms with Gasteiger partial charge in [-0.1, -0.05) is 28.4 Å². The summed E-state index contributed by atoms with van der Waals surface area (Å²) in [7, 11) is 0. The Morgan fingerprint density at radius 1 is 1.12 bits per heavy atom. The molecule has 0 aliphatic rings. The van der Waals surface area contributed by atoms with E-state index in [4.69, 9.17) is 27.7 Å².